The number of hydrazone groups is 1. The van der Waals surface area contributed by atoms with Gasteiger partial charge in [0.2, 0.25) is 0 Å². The van der Waals surface area contributed by atoms with Crippen molar-refractivity contribution in [2.45, 2.75) is 13.8 Å². The molecular weight excluding hydrogens is 358 g/mol. The van der Waals surface area contributed by atoms with Crippen LogP contribution in [0.25, 0.3) is 0 Å². The van der Waals surface area contributed by atoms with Gasteiger partial charge in [-0.25, -0.2) is 5.43 Å². The number of nitrogens with one attached hydrogen (secondary N) is 2. The quantitative estimate of drug-likeness (QED) is 0.334. The highest BCUT2D eigenvalue weighted by molar-refractivity contribution is 6.39. The molecule has 0 radical (unpaired) electrons. The summed E-state index contributed by atoms with van der Waals surface area (Å²) in [4.78, 5) is 23.8. The number of ether oxygens (including phenoxy) is 2. The Morgan fingerprint density at radius 1 is 1.07 bits per heavy atom. The molecule has 146 valence electrons. The standard InChI is InChI=1S/C21H23N3O4/c1-5-10-28-18-9-7-16(12-19(18)27-4)13-22-24-21(26)20(25)23-17-8-6-14(2)15(3)11-17/h5-9,11-13H,1,10H2,2-4H3,(H,23,25)(H,24,26)/b22-13-. The average molecular weight is 381 g/mol. The molecule has 0 heterocycles. The van der Waals surface area contributed by atoms with Gasteiger partial charge in [-0.2, -0.15) is 5.10 Å². The summed E-state index contributed by atoms with van der Waals surface area (Å²) >= 11 is 0. The van der Waals surface area contributed by atoms with E-state index in [-0.39, 0.29) is 0 Å². The SMILES string of the molecule is C=CCOc1ccc(/C=N\NC(=O)C(=O)Nc2ccc(C)c(C)c2)cc1OC. The van der Waals surface area contributed by atoms with Crippen molar-refractivity contribution in [1.29, 1.82) is 0 Å². The average Bonchev–Trinajstić information content (AvgIpc) is 2.69. The van der Waals surface area contributed by atoms with Crippen molar-refractivity contribution >= 4 is 23.7 Å². The van der Waals surface area contributed by atoms with Crippen molar-refractivity contribution in [2.24, 2.45) is 5.10 Å². The molecule has 28 heavy (non-hydrogen) atoms. The predicted molar refractivity (Wildman–Crippen MR) is 109 cm³/mol. The molecular formula is C21H23N3O4. The van der Waals surface area contributed by atoms with E-state index >= 15 is 0 Å². The molecule has 0 bridgehead atoms. The zero-order valence-electron chi connectivity index (χ0n) is 16.1. The number of carbonyl (C=O) groups is 2. The monoisotopic (exact) mass is 381 g/mol. The number of carbonyl (C=O) groups excluding carboxylic acids is 2. The van der Waals surface area contributed by atoms with E-state index < -0.39 is 11.8 Å². The first-order valence-electron chi connectivity index (χ1n) is 8.58. The molecule has 2 aromatic rings. The number of amides is 2. The normalized spacial score (nSPS) is 10.4. The van der Waals surface area contributed by atoms with Crippen LogP contribution in [0.4, 0.5) is 5.69 Å². The molecule has 2 rings (SSSR count). The van der Waals surface area contributed by atoms with E-state index in [9.17, 15) is 9.59 Å². The molecule has 0 atom stereocenters. The Hall–Kier alpha value is -3.61. The molecule has 0 aliphatic rings. The van der Waals surface area contributed by atoms with Crippen LogP contribution in [0.3, 0.4) is 0 Å². The summed E-state index contributed by atoms with van der Waals surface area (Å²) in [5.41, 5.74) is 5.53. The fraction of sp³-hybridized carbons (Fsp3) is 0.190. The Balaban J connectivity index is 1.95. The van der Waals surface area contributed by atoms with Crippen LogP contribution in [-0.2, 0) is 9.59 Å². The minimum absolute atomic E-state index is 0.357. The predicted octanol–water partition coefficient (Wildman–Crippen LogP) is 2.97. The molecule has 2 amide bonds. The smallest absolute Gasteiger partial charge is 0.329 e. The zero-order chi connectivity index (χ0) is 20.5. The highest BCUT2D eigenvalue weighted by atomic mass is 16.5. The second kappa shape index (κ2) is 9.91. The van der Waals surface area contributed by atoms with Gasteiger partial charge in [0, 0.05) is 5.69 Å². The number of hydrogen-bond acceptors (Lipinski definition) is 5. The molecule has 0 spiro atoms. The van der Waals surface area contributed by atoms with Gasteiger partial charge < -0.3 is 14.8 Å². The number of aryl methyl sites for hydroxylation is 2. The third-order valence-corrected chi connectivity index (χ3v) is 3.90. The van der Waals surface area contributed by atoms with Gasteiger partial charge >= 0.3 is 11.8 Å². The molecule has 2 aromatic carbocycles. The Morgan fingerprint density at radius 3 is 2.54 bits per heavy atom. The van der Waals surface area contributed by atoms with E-state index in [1.807, 2.05) is 19.9 Å². The molecule has 0 saturated carbocycles. The fourth-order valence-corrected chi connectivity index (χ4v) is 2.26. The Morgan fingerprint density at radius 2 is 1.86 bits per heavy atom. The number of rotatable bonds is 7. The largest absolute Gasteiger partial charge is 0.493 e. The Kier molecular flexibility index (Phi) is 7.33. The van der Waals surface area contributed by atoms with Crippen LogP contribution >= 0.6 is 0 Å². The van der Waals surface area contributed by atoms with Crippen LogP contribution in [0.1, 0.15) is 16.7 Å². The molecule has 0 aliphatic heterocycles. The maximum absolute atomic E-state index is 12.0. The van der Waals surface area contributed by atoms with Gasteiger partial charge in [-0.15, -0.1) is 0 Å². The van der Waals surface area contributed by atoms with Crippen LogP contribution in [0, 0.1) is 13.8 Å². The van der Waals surface area contributed by atoms with E-state index in [0.29, 0.717) is 29.4 Å². The number of benzene rings is 2. The molecule has 2 N–H and O–H groups in total. The number of anilines is 1. The summed E-state index contributed by atoms with van der Waals surface area (Å²) in [5.74, 6) is -0.584. The molecule has 7 heteroatoms. The third kappa shape index (κ3) is 5.70. The second-order valence-corrected chi connectivity index (χ2v) is 5.96. The highest BCUT2D eigenvalue weighted by Crippen LogP contribution is 2.27. The van der Waals surface area contributed by atoms with E-state index in [1.54, 1.807) is 36.4 Å². The maximum Gasteiger partial charge on any atom is 0.329 e. The molecule has 0 aliphatic carbocycles. The van der Waals surface area contributed by atoms with Gasteiger partial charge in [-0.05, 0) is 60.9 Å². The van der Waals surface area contributed by atoms with E-state index in [1.165, 1.54) is 13.3 Å². The molecule has 0 saturated heterocycles. The van der Waals surface area contributed by atoms with Crippen LogP contribution in [0.5, 0.6) is 11.5 Å². The van der Waals surface area contributed by atoms with Crippen molar-refractivity contribution in [3.63, 3.8) is 0 Å². The molecule has 0 aromatic heterocycles. The lowest BCUT2D eigenvalue weighted by Gasteiger charge is -2.09. The van der Waals surface area contributed by atoms with Gasteiger partial charge in [-0.1, -0.05) is 18.7 Å². The summed E-state index contributed by atoms with van der Waals surface area (Å²) in [6.45, 7) is 7.85. The third-order valence-electron chi connectivity index (χ3n) is 3.90. The topological polar surface area (TPSA) is 89.0 Å². The number of hydrogen-bond donors (Lipinski definition) is 2. The first-order chi connectivity index (χ1) is 13.4. The van der Waals surface area contributed by atoms with Gasteiger partial charge in [0.25, 0.3) is 0 Å². The summed E-state index contributed by atoms with van der Waals surface area (Å²) < 4.78 is 10.7. The summed E-state index contributed by atoms with van der Waals surface area (Å²) in [5, 5.41) is 6.34. The molecule has 7 nitrogen and oxygen atoms in total. The van der Waals surface area contributed by atoms with Crippen LogP contribution in [-0.4, -0.2) is 31.7 Å². The van der Waals surface area contributed by atoms with Crippen LogP contribution in [0.15, 0.2) is 54.2 Å². The summed E-state index contributed by atoms with van der Waals surface area (Å²) in [7, 11) is 1.52. The van der Waals surface area contributed by atoms with Gasteiger partial charge in [0.05, 0.1) is 13.3 Å². The van der Waals surface area contributed by atoms with Crippen molar-refractivity contribution in [2.75, 3.05) is 19.0 Å². The van der Waals surface area contributed by atoms with E-state index in [2.05, 4.69) is 22.4 Å². The maximum atomic E-state index is 12.0. The summed E-state index contributed by atoms with van der Waals surface area (Å²) in [6.07, 6.45) is 3.04. The van der Waals surface area contributed by atoms with Crippen molar-refractivity contribution in [3.05, 3.63) is 65.7 Å². The minimum atomic E-state index is -0.868. The van der Waals surface area contributed by atoms with Crippen LogP contribution < -0.4 is 20.2 Å². The van der Waals surface area contributed by atoms with Crippen molar-refractivity contribution in [1.82, 2.24) is 5.43 Å². The molecule has 0 fully saturated rings. The summed E-state index contributed by atoms with van der Waals surface area (Å²) in [6, 6.07) is 10.6. The second-order valence-electron chi connectivity index (χ2n) is 5.96. The van der Waals surface area contributed by atoms with Gasteiger partial charge in [0.1, 0.15) is 6.61 Å². The first kappa shape index (κ1) is 20.7. The highest BCUT2D eigenvalue weighted by Gasteiger charge is 2.13. The lowest BCUT2D eigenvalue weighted by atomic mass is 10.1. The van der Waals surface area contributed by atoms with E-state index in [4.69, 9.17) is 9.47 Å². The lowest BCUT2D eigenvalue weighted by molar-refractivity contribution is -0.136. The number of nitrogens with zero attached hydrogens (tertiary/aromatic N) is 1. The minimum Gasteiger partial charge on any atom is -0.493 e. The lowest BCUT2D eigenvalue weighted by Crippen LogP contribution is -2.32. The first-order valence-corrected chi connectivity index (χ1v) is 8.58. The van der Waals surface area contributed by atoms with Gasteiger partial charge in [-0.3, -0.25) is 9.59 Å². The van der Waals surface area contributed by atoms with Crippen molar-refractivity contribution < 1.29 is 19.1 Å². The molecule has 0 unspecified atom stereocenters. The number of methoxy groups -OCH3 is 1. The fourth-order valence-electron chi connectivity index (χ4n) is 2.26. The van der Waals surface area contributed by atoms with Gasteiger partial charge in [0.15, 0.2) is 11.5 Å². The Bertz CT molecular complexity index is 907. The Labute approximate surface area is 164 Å². The zero-order valence-corrected chi connectivity index (χ0v) is 16.1. The van der Waals surface area contributed by atoms with Crippen molar-refractivity contribution in [3.8, 4) is 11.5 Å². The van der Waals surface area contributed by atoms with Crippen LogP contribution in [0.2, 0.25) is 0 Å². The van der Waals surface area contributed by atoms with E-state index in [0.717, 1.165) is 11.1 Å².